The van der Waals surface area contributed by atoms with Crippen molar-refractivity contribution >= 4 is 16.0 Å². The molecule has 3 N–H and O–H groups in total. The van der Waals surface area contributed by atoms with E-state index in [4.69, 9.17) is 5.73 Å². The third-order valence-corrected chi connectivity index (χ3v) is 5.76. The Labute approximate surface area is 132 Å². The zero-order valence-electron chi connectivity index (χ0n) is 13.1. The molecular weight excluding hydrogens is 300 g/mol. The highest BCUT2D eigenvalue weighted by Gasteiger charge is 2.17. The maximum Gasteiger partial charge on any atom is 0.242 e. The molecule has 22 heavy (non-hydrogen) atoms. The van der Waals surface area contributed by atoms with Crippen LogP contribution in [0.4, 0.5) is 0 Å². The second-order valence-corrected chi connectivity index (χ2v) is 7.96. The fraction of sp³-hybridized carbons (Fsp3) is 0.533. The normalized spacial score (nSPS) is 16.6. The van der Waals surface area contributed by atoms with Gasteiger partial charge in [-0.05, 0) is 36.5 Å². The van der Waals surface area contributed by atoms with Gasteiger partial charge >= 0.3 is 0 Å². The molecule has 0 amide bonds. The molecule has 0 heterocycles. The molecule has 122 valence electrons. The fourth-order valence-corrected chi connectivity index (χ4v) is 3.06. The van der Waals surface area contributed by atoms with Gasteiger partial charge in [0.1, 0.15) is 0 Å². The quantitative estimate of drug-likeness (QED) is 0.607. The minimum absolute atomic E-state index is 0.279. The van der Waals surface area contributed by atoms with Crippen molar-refractivity contribution in [1.82, 2.24) is 9.62 Å². The van der Waals surface area contributed by atoms with Crippen LogP contribution in [0.25, 0.3) is 0 Å². The predicted octanol–water partition coefficient (Wildman–Crippen LogP) is 1.14. The maximum atomic E-state index is 12.0. The van der Waals surface area contributed by atoms with Crippen LogP contribution in [-0.4, -0.2) is 39.3 Å². The Morgan fingerprint density at radius 2 is 1.95 bits per heavy atom. The molecular formula is C15H24N4O2S. The van der Waals surface area contributed by atoms with Crippen molar-refractivity contribution in [3.63, 3.8) is 0 Å². The lowest BCUT2D eigenvalue weighted by atomic mass is 9.85. The van der Waals surface area contributed by atoms with Crippen molar-refractivity contribution in [2.24, 2.45) is 16.6 Å². The number of sulfonamides is 1. The van der Waals surface area contributed by atoms with E-state index < -0.39 is 10.0 Å². The summed E-state index contributed by atoms with van der Waals surface area (Å²) in [5.74, 6) is 1.17. The van der Waals surface area contributed by atoms with Crippen molar-refractivity contribution in [2.75, 3.05) is 20.6 Å². The smallest absolute Gasteiger partial charge is 0.242 e. The molecule has 1 fully saturated rings. The van der Waals surface area contributed by atoms with Gasteiger partial charge in [0.25, 0.3) is 0 Å². The zero-order chi connectivity index (χ0) is 16.2. The molecule has 1 aliphatic carbocycles. The first kappa shape index (κ1) is 16.8. The number of aliphatic imine (C=N–C) groups is 1. The first-order chi connectivity index (χ1) is 10.4. The van der Waals surface area contributed by atoms with Crippen LogP contribution in [0.2, 0.25) is 0 Å². The van der Waals surface area contributed by atoms with Gasteiger partial charge in [0.05, 0.1) is 11.4 Å². The number of benzene rings is 1. The Morgan fingerprint density at radius 1 is 1.32 bits per heavy atom. The number of nitrogens with zero attached hydrogens (tertiary/aromatic N) is 2. The number of hydrogen-bond acceptors (Lipinski definition) is 3. The van der Waals surface area contributed by atoms with Crippen molar-refractivity contribution in [3.8, 4) is 0 Å². The van der Waals surface area contributed by atoms with Gasteiger partial charge < -0.3 is 11.1 Å². The summed E-state index contributed by atoms with van der Waals surface area (Å²) >= 11 is 0. The zero-order valence-corrected chi connectivity index (χ0v) is 13.9. The molecule has 0 spiro atoms. The largest absolute Gasteiger partial charge is 0.370 e. The van der Waals surface area contributed by atoms with Crippen LogP contribution in [0.1, 0.15) is 24.8 Å². The van der Waals surface area contributed by atoms with Crippen LogP contribution >= 0.6 is 0 Å². The van der Waals surface area contributed by atoms with Crippen LogP contribution < -0.4 is 11.1 Å². The van der Waals surface area contributed by atoms with Gasteiger partial charge in [-0.25, -0.2) is 17.7 Å². The van der Waals surface area contributed by atoms with Crippen LogP contribution in [0.5, 0.6) is 0 Å². The number of nitrogens with one attached hydrogen (secondary N) is 1. The molecule has 0 aromatic heterocycles. The number of guanidine groups is 1. The van der Waals surface area contributed by atoms with Gasteiger partial charge in [-0.1, -0.05) is 18.6 Å². The summed E-state index contributed by atoms with van der Waals surface area (Å²) in [5.41, 5.74) is 6.75. The van der Waals surface area contributed by atoms with E-state index in [2.05, 4.69) is 10.3 Å². The van der Waals surface area contributed by atoms with Crippen LogP contribution in [0.3, 0.4) is 0 Å². The van der Waals surface area contributed by atoms with Gasteiger partial charge in [0, 0.05) is 20.6 Å². The Balaban J connectivity index is 1.90. The lowest BCUT2D eigenvalue weighted by Gasteiger charge is -2.25. The van der Waals surface area contributed by atoms with Crippen LogP contribution in [0.15, 0.2) is 34.2 Å². The lowest BCUT2D eigenvalue weighted by Crippen LogP contribution is -2.37. The third-order valence-electron chi connectivity index (χ3n) is 3.93. The monoisotopic (exact) mass is 324 g/mol. The average Bonchev–Trinajstić information content (AvgIpc) is 2.43. The number of rotatable bonds is 6. The summed E-state index contributed by atoms with van der Waals surface area (Å²) in [5, 5.41) is 3.13. The van der Waals surface area contributed by atoms with E-state index in [1.165, 1.54) is 37.7 Å². The second kappa shape index (κ2) is 7.11. The van der Waals surface area contributed by atoms with E-state index >= 15 is 0 Å². The summed E-state index contributed by atoms with van der Waals surface area (Å²) in [4.78, 5) is 4.55. The number of nitrogens with two attached hydrogens (primary N) is 1. The van der Waals surface area contributed by atoms with E-state index in [1.807, 2.05) is 0 Å². The van der Waals surface area contributed by atoms with Crippen molar-refractivity contribution in [2.45, 2.75) is 30.7 Å². The summed E-state index contributed by atoms with van der Waals surface area (Å²) in [6.07, 6.45) is 3.84. The molecule has 1 aliphatic rings. The van der Waals surface area contributed by atoms with Gasteiger partial charge in [0.2, 0.25) is 10.0 Å². The maximum absolute atomic E-state index is 12.0. The topological polar surface area (TPSA) is 87.8 Å². The third kappa shape index (κ3) is 4.20. The lowest BCUT2D eigenvalue weighted by molar-refractivity contribution is 0.315. The average molecular weight is 324 g/mol. The molecule has 0 bridgehead atoms. The molecule has 6 nitrogen and oxygen atoms in total. The highest BCUT2D eigenvalue weighted by molar-refractivity contribution is 7.89. The van der Waals surface area contributed by atoms with E-state index in [1.54, 1.807) is 24.3 Å². The molecule has 1 saturated carbocycles. The van der Waals surface area contributed by atoms with E-state index in [-0.39, 0.29) is 4.90 Å². The molecule has 0 aliphatic heterocycles. The first-order valence-corrected chi connectivity index (χ1v) is 8.89. The fourth-order valence-electron chi connectivity index (χ4n) is 2.16. The SMILES string of the molecule is CN(C)S(=O)(=O)c1ccc(CN=C(N)NCC2CCC2)cc1. The summed E-state index contributed by atoms with van der Waals surface area (Å²) in [6, 6.07) is 6.72. The molecule has 0 saturated heterocycles. The summed E-state index contributed by atoms with van der Waals surface area (Å²) in [6.45, 7) is 1.32. The standard InChI is InChI=1S/C15H24N4O2S/c1-19(2)22(20,21)14-8-6-13(7-9-14)11-18-15(16)17-10-12-4-3-5-12/h6-9,12H,3-5,10-11H2,1-2H3,(H3,16,17,18). The molecule has 1 aromatic rings. The Kier molecular flexibility index (Phi) is 5.42. The van der Waals surface area contributed by atoms with Gasteiger partial charge in [-0.3, -0.25) is 0 Å². The molecule has 0 radical (unpaired) electrons. The van der Waals surface area contributed by atoms with E-state index in [9.17, 15) is 8.42 Å². The highest BCUT2D eigenvalue weighted by atomic mass is 32.2. The van der Waals surface area contributed by atoms with Crippen molar-refractivity contribution in [1.29, 1.82) is 0 Å². The number of hydrogen-bond donors (Lipinski definition) is 2. The molecule has 7 heteroatoms. The Bertz CT molecular complexity index is 619. The molecule has 1 aromatic carbocycles. The Hall–Kier alpha value is -1.60. The van der Waals surface area contributed by atoms with Crippen molar-refractivity contribution < 1.29 is 8.42 Å². The van der Waals surface area contributed by atoms with Crippen LogP contribution in [-0.2, 0) is 16.6 Å². The minimum Gasteiger partial charge on any atom is -0.370 e. The summed E-state index contributed by atoms with van der Waals surface area (Å²) in [7, 11) is -0.347. The summed E-state index contributed by atoms with van der Waals surface area (Å²) < 4.78 is 25.1. The highest BCUT2D eigenvalue weighted by Crippen LogP contribution is 2.25. The Morgan fingerprint density at radius 3 is 2.45 bits per heavy atom. The molecule has 0 atom stereocenters. The minimum atomic E-state index is -3.38. The van der Waals surface area contributed by atoms with Gasteiger partial charge in [-0.2, -0.15) is 0 Å². The molecule has 2 rings (SSSR count). The second-order valence-electron chi connectivity index (χ2n) is 5.81. The van der Waals surface area contributed by atoms with E-state index in [0.717, 1.165) is 18.0 Å². The van der Waals surface area contributed by atoms with Crippen LogP contribution in [0, 0.1) is 5.92 Å². The van der Waals surface area contributed by atoms with Crippen molar-refractivity contribution in [3.05, 3.63) is 29.8 Å². The van der Waals surface area contributed by atoms with Gasteiger partial charge in [0.15, 0.2) is 5.96 Å². The van der Waals surface area contributed by atoms with E-state index in [0.29, 0.717) is 12.5 Å². The van der Waals surface area contributed by atoms with Gasteiger partial charge in [-0.15, -0.1) is 0 Å². The first-order valence-electron chi connectivity index (χ1n) is 7.45. The predicted molar refractivity (Wildman–Crippen MR) is 88.0 cm³/mol. The molecule has 0 unspecified atom stereocenters.